The second-order valence-corrected chi connectivity index (χ2v) is 7.15. The molecule has 1 aliphatic rings. The molecule has 1 aliphatic heterocycles. The van der Waals surface area contributed by atoms with Crippen molar-refractivity contribution in [3.05, 3.63) is 22.3 Å². The molecular formula is C12H16Cl2N2S2. The number of halogens is 2. The van der Waals surface area contributed by atoms with E-state index in [9.17, 15) is 0 Å². The first-order valence-electron chi connectivity index (χ1n) is 5.99. The van der Waals surface area contributed by atoms with Gasteiger partial charge in [0.05, 0.1) is 10.0 Å². The van der Waals surface area contributed by atoms with Crippen molar-refractivity contribution in [1.82, 2.24) is 9.88 Å². The van der Waals surface area contributed by atoms with E-state index >= 15 is 0 Å². The van der Waals surface area contributed by atoms with Crippen LogP contribution in [0.15, 0.2) is 17.3 Å². The summed E-state index contributed by atoms with van der Waals surface area (Å²) in [5, 5.41) is 2.14. The summed E-state index contributed by atoms with van der Waals surface area (Å²) in [6, 6.07) is 1.75. The highest BCUT2D eigenvalue weighted by Crippen LogP contribution is 2.27. The number of nitrogens with zero attached hydrogens (tertiary/aromatic N) is 2. The van der Waals surface area contributed by atoms with Gasteiger partial charge in [0.25, 0.3) is 0 Å². The van der Waals surface area contributed by atoms with Gasteiger partial charge in [0.1, 0.15) is 5.03 Å². The van der Waals surface area contributed by atoms with Gasteiger partial charge in [-0.2, -0.15) is 0 Å². The zero-order chi connectivity index (χ0) is 12.8. The Bertz CT molecular complexity index is 384. The Morgan fingerprint density at radius 2 is 2.28 bits per heavy atom. The highest BCUT2D eigenvalue weighted by Gasteiger charge is 2.10. The van der Waals surface area contributed by atoms with Crippen LogP contribution in [0.5, 0.6) is 0 Å². The van der Waals surface area contributed by atoms with Crippen molar-refractivity contribution >= 4 is 46.7 Å². The molecule has 0 aromatic carbocycles. The third-order valence-corrected chi connectivity index (χ3v) is 5.42. The molecule has 2 nitrogen and oxygen atoms in total. The Labute approximate surface area is 127 Å². The van der Waals surface area contributed by atoms with Crippen LogP contribution in [-0.4, -0.2) is 40.4 Å². The summed E-state index contributed by atoms with van der Waals surface area (Å²) in [7, 11) is 0. The minimum absolute atomic E-state index is 0.593. The van der Waals surface area contributed by atoms with Crippen LogP contribution in [0.2, 0.25) is 10.0 Å². The van der Waals surface area contributed by atoms with Gasteiger partial charge in [0, 0.05) is 24.4 Å². The minimum atomic E-state index is 0.593. The number of hydrogen-bond donors (Lipinski definition) is 0. The average Bonchev–Trinajstić information content (AvgIpc) is 2.84. The fraction of sp³-hybridized carbons (Fsp3) is 0.583. The molecule has 2 rings (SSSR count). The van der Waals surface area contributed by atoms with E-state index in [2.05, 4.69) is 9.88 Å². The summed E-state index contributed by atoms with van der Waals surface area (Å²) < 4.78 is 0. The first-order chi connectivity index (χ1) is 8.75. The van der Waals surface area contributed by atoms with E-state index in [4.69, 9.17) is 23.2 Å². The molecule has 0 unspecified atom stereocenters. The molecule has 0 radical (unpaired) electrons. The van der Waals surface area contributed by atoms with E-state index in [1.54, 1.807) is 24.0 Å². The van der Waals surface area contributed by atoms with Gasteiger partial charge in [-0.15, -0.1) is 23.5 Å². The number of unbranched alkanes of at least 4 members (excludes halogenated alkanes) is 1. The lowest BCUT2D eigenvalue weighted by molar-refractivity contribution is 0.349. The molecule has 1 aromatic rings. The molecular weight excluding hydrogens is 307 g/mol. The molecule has 6 heteroatoms. The smallest absolute Gasteiger partial charge is 0.115 e. The van der Waals surface area contributed by atoms with Crippen LogP contribution >= 0.6 is 46.7 Å². The highest BCUT2D eigenvalue weighted by molar-refractivity contribution is 7.99. The van der Waals surface area contributed by atoms with Crippen molar-refractivity contribution in [2.45, 2.75) is 17.9 Å². The SMILES string of the molecule is Clc1cnc(SCCCCN2CCSC2)c(Cl)c1. The fourth-order valence-electron chi connectivity index (χ4n) is 1.74. The van der Waals surface area contributed by atoms with E-state index in [-0.39, 0.29) is 0 Å². The number of pyridine rings is 1. The van der Waals surface area contributed by atoms with Crippen molar-refractivity contribution in [1.29, 1.82) is 0 Å². The standard InChI is InChI=1S/C12H16Cl2N2S2/c13-10-7-11(14)12(15-8-10)18-5-2-1-3-16-4-6-17-9-16/h7-8H,1-6,9H2. The van der Waals surface area contributed by atoms with Gasteiger partial charge in [-0.1, -0.05) is 23.2 Å². The molecule has 0 atom stereocenters. The van der Waals surface area contributed by atoms with Crippen molar-refractivity contribution in [2.24, 2.45) is 0 Å². The van der Waals surface area contributed by atoms with Crippen molar-refractivity contribution < 1.29 is 0 Å². The van der Waals surface area contributed by atoms with Crippen molar-refractivity contribution in [2.75, 3.05) is 30.5 Å². The van der Waals surface area contributed by atoms with Gasteiger partial charge >= 0.3 is 0 Å². The highest BCUT2D eigenvalue weighted by atomic mass is 35.5. The van der Waals surface area contributed by atoms with Crippen LogP contribution in [0, 0.1) is 0 Å². The van der Waals surface area contributed by atoms with E-state index in [0.29, 0.717) is 10.0 Å². The number of rotatable bonds is 6. The Morgan fingerprint density at radius 3 is 3.00 bits per heavy atom. The molecule has 0 aliphatic carbocycles. The predicted octanol–water partition coefficient (Wildman–Crippen LogP) is 4.27. The van der Waals surface area contributed by atoms with Gasteiger partial charge in [0.2, 0.25) is 0 Å². The largest absolute Gasteiger partial charge is 0.293 e. The monoisotopic (exact) mass is 322 g/mol. The number of thioether (sulfide) groups is 2. The van der Waals surface area contributed by atoms with Crippen LogP contribution in [-0.2, 0) is 0 Å². The molecule has 100 valence electrons. The summed E-state index contributed by atoms with van der Waals surface area (Å²) in [6.07, 6.45) is 4.10. The van der Waals surface area contributed by atoms with Crippen LogP contribution in [0.4, 0.5) is 0 Å². The topological polar surface area (TPSA) is 16.1 Å². The van der Waals surface area contributed by atoms with E-state index in [1.807, 2.05) is 11.8 Å². The van der Waals surface area contributed by atoms with Gasteiger partial charge in [-0.05, 0) is 31.2 Å². The maximum Gasteiger partial charge on any atom is 0.115 e. The van der Waals surface area contributed by atoms with E-state index in [0.717, 1.165) is 10.8 Å². The van der Waals surface area contributed by atoms with Crippen LogP contribution in [0.3, 0.4) is 0 Å². The molecule has 2 heterocycles. The Hall–Kier alpha value is 0.390. The molecule has 0 amide bonds. The Kier molecular flexibility index (Phi) is 6.45. The number of aromatic nitrogens is 1. The van der Waals surface area contributed by atoms with Crippen LogP contribution in [0.25, 0.3) is 0 Å². The van der Waals surface area contributed by atoms with E-state index in [1.165, 1.54) is 37.6 Å². The lowest BCUT2D eigenvalue weighted by atomic mass is 10.3. The quantitative estimate of drug-likeness (QED) is 0.574. The van der Waals surface area contributed by atoms with Gasteiger partial charge in [-0.3, -0.25) is 4.90 Å². The summed E-state index contributed by atoms with van der Waals surface area (Å²) >= 11 is 15.6. The lowest BCUT2D eigenvalue weighted by Gasteiger charge is -2.12. The minimum Gasteiger partial charge on any atom is -0.293 e. The van der Waals surface area contributed by atoms with Crippen molar-refractivity contribution in [3.8, 4) is 0 Å². The third-order valence-electron chi connectivity index (χ3n) is 2.71. The summed E-state index contributed by atoms with van der Waals surface area (Å²) in [5.41, 5.74) is 0. The first kappa shape index (κ1) is 14.8. The van der Waals surface area contributed by atoms with Crippen LogP contribution in [0.1, 0.15) is 12.8 Å². The molecule has 1 fully saturated rings. The van der Waals surface area contributed by atoms with Gasteiger partial charge in [-0.25, -0.2) is 4.98 Å². The Morgan fingerprint density at radius 1 is 1.39 bits per heavy atom. The molecule has 18 heavy (non-hydrogen) atoms. The fourth-order valence-corrected chi connectivity index (χ4v) is 4.19. The summed E-state index contributed by atoms with van der Waals surface area (Å²) in [6.45, 7) is 2.47. The molecule has 0 spiro atoms. The second-order valence-electron chi connectivity index (χ2n) is 4.15. The van der Waals surface area contributed by atoms with Crippen molar-refractivity contribution in [3.63, 3.8) is 0 Å². The summed E-state index contributed by atoms with van der Waals surface area (Å²) in [5.74, 6) is 3.56. The summed E-state index contributed by atoms with van der Waals surface area (Å²) in [4.78, 5) is 6.75. The molecule has 0 saturated carbocycles. The normalized spacial score (nSPS) is 16.3. The van der Waals surface area contributed by atoms with Crippen LogP contribution < -0.4 is 0 Å². The maximum atomic E-state index is 6.07. The molecule has 0 bridgehead atoms. The third kappa shape index (κ3) is 4.82. The van der Waals surface area contributed by atoms with Gasteiger partial charge < -0.3 is 0 Å². The first-order valence-corrected chi connectivity index (χ1v) is 8.89. The zero-order valence-corrected chi connectivity index (χ0v) is 13.2. The molecule has 0 N–H and O–H groups in total. The van der Waals surface area contributed by atoms with Gasteiger partial charge in [0.15, 0.2) is 0 Å². The number of hydrogen-bond acceptors (Lipinski definition) is 4. The maximum absolute atomic E-state index is 6.07. The lowest BCUT2D eigenvalue weighted by Crippen LogP contribution is -2.20. The molecule has 1 aromatic heterocycles. The predicted molar refractivity (Wildman–Crippen MR) is 83.1 cm³/mol. The Balaban J connectivity index is 1.62. The zero-order valence-electron chi connectivity index (χ0n) is 10.1. The second kappa shape index (κ2) is 7.85. The average molecular weight is 323 g/mol. The molecule has 1 saturated heterocycles. The van der Waals surface area contributed by atoms with E-state index < -0.39 is 0 Å².